The SMILES string of the molecule is COCCCOCc1cc(C)c(CNC(C)(C)C)o1. The zero-order valence-corrected chi connectivity index (χ0v) is 12.8. The quantitative estimate of drug-likeness (QED) is 0.737. The predicted molar refractivity (Wildman–Crippen MR) is 76.2 cm³/mol. The highest BCUT2D eigenvalue weighted by molar-refractivity contribution is 5.19. The summed E-state index contributed by atoms with van der Waals surface area (Å²) in [5.74, 6) is 1.88. The molecule has 1 aromatic rings. The van der Waals surface area contributed by atoms with Crippen molar-refractivity contribution < 1.29 is 13.9 Å². The number of nitrogens with one attached hydrogen (secondary N) is 1. The average molecular weight is 269 g/mol. The van der Waals surface area contributed by atoms with Crippen molar-refractivity contribution in [2.75, 3.05) is 20.3 Å². The molecule has 0 spiro atoms. The Balaban J connectivity index is 2.36. The van der Waals surface area contributed by atoms with Gasteiger partial charge in [-0.15, -0.1) is 0 Å². The Labute approximate surface area is 116 Å². The summed E-state index contributed by atoms with van der Waals surface area (Å²) in [6, 6.07) is 2.05. The van der Waals surface area contributed by atoms with Crippen LogP contribution in [0.25, 0.3) is 0 Å². The normalized spacial score (nSPS) is 12.1. The second-order valence-corrected chi connectivity index (χ2v) is 5.82. The van der Waals surface area contributed by atoms with Crippen LogP contribution in [0, 0.1) is 6.92 Å². The van der Waals surface area contributed by atoms with E-state index in [1.165, 1.54) is 5.56 Å². The van der Waals surface area contributed by atoms with Gasteiger partial charge in [0, 0.05) is 25.9 Å². The highest BCUT2D eigenvalue weighted by atomic mass is 16.5. The first-order valence-corrected chi connectivity index (χ1v) is 6.82. The molecule has 0 radical (unpaired) electrons. The van der Waals surface area contributed by atoms with Crippen LogP contribution in [0.2, 0.25) is 0 Å². The summed E-state index contributed by atoms with van der Waals surface area (Å²) >= 11 is 0. The molecule has 0 saturated carbocycles. The van der Waals surface area contributed by atoms with Crippen molar-refractivity contribution in [1.29, 1.82) is 0 Å². The Morgan fingerprint density at radius 1 is 1.26 bits per heavy atom. The van der Waals surface area contributed by atoms with E-state index in [9.17, 15) is 0 Å². The van der Waals surface area contributed by atoms with E-state index in [0.717, 1.165) is 31.1 Å². The summed E-state index contributed by atoms with van der Waals surface area (Å²) in [5.41, 5.74) is 1.27. The number of furan rings is 1. The summed E-state index contributed by atoms with van der Waals surface area (Å²) in [5, 5.41) is 3.43. The Hall–Kier alpha value is -0.840. The molecule has 1 heterocycles. The van der Waals surface area contributed by atoms with Crippen LogP contribution in [0.3, 0.4) is 0 Å². The van der Waals surface area contributed by atoms with Gasteiger partial charge < -0.3 is 19.2 Å². The van der Waals surface area contributed by atoms with Gasteiger partial charge in [-0.05, 0) is 45.7 Å². The van der Waals surface area contributed by atoms with Gasteiger partial charge in [-0.2, -0.15) is 0 Å². The molecular formula is C15H27NO3. The van der Waals surface area contributed by atoms with Crippen LogP contribution >= 0.6 is 0 Å². The molecule has 0 aliphatic rings. The molecule has 4 nitrogen and oxygen atoms in total. The Morgan fingerprint density at radius 3 is 2.63 bits per heavy atom. The van der Waals surface area contributed by atoms with E-state index in [4.69, 9.17) is 13.9 Å². The highest BCUT2D eigenvalue weighted by Crippen LogP contribution is 2.16. The van der Waals surface area contributed by atoms with Crippen LogP contribution in [0.4, 0.5) is 0 Å². The first-order chi connectivity index (χ1) is 8.92. The maximum Gasteiger partial charge on any atom is 0.130 e. The van der Waals surface area contributed by atoms with Crippen LogP contribution in [-0.2, 0) is 22.6 Å². The van der Waals surface area contributed by atoms with Gasteiger partial charge in [-0.1, -0.05) is 0 Å². The molecule has 0 aliphatic carbocycles. The van der Waals surface area contributed by atoms with E-state index in [2.05, 4.69) is 39.1 Å². The maximum atomic E-state index is 5.80. The summed E-state index contributed by atoms with van der Waals surface area (Å²) in [6.07, 6.45) is 0.911. The van der Waals surface area contributed by atoms with Crippen molar-refractivity contribution in [2.45, 2.75) is 52.8 Å². The van der Waals surface area contributed by atoms with E-state index in [1.54, 1.807) is 7.11 Å². The fourth-order valence-electron chi connectivity index (χ4n) is 1.66. The highest BCUT2D eigenvalue weighted by Gasteiger charge is 2.12. The number of aryl methyl sites for hydroxylation is 1. The third-order valence-corrected chi connectivity index (χ3v) is 2.73. The molecule has 0 aliphatic heterocycles. The van der Waals surface area contributed by atoms with E-state index < -0.39 is 0 Å². The van der Waals surface area contributed by atoms with Crippen molar-refractivity contribution in [3.8, 4) is 0 Å². The van der Waals surface area contributed by atoms with Gasteiger partial charge in [0.25, 0.3) is 0 Å². The van der Waals surface area contributed by atoms with Crippen molar-refractivity contribution in [2.24, 2.45) is 0 Å². The van der Waals surface area contributed by atoms with Crippen molar-refractivity contribution in [3.05, 3.63) is 23.2 Å². The Morgan fingerprint density at radius 2 is 2.00 bits per heavy atom. The Kier molecular flexibility index (Phi) is 6.55. The smallest absolute Gasteiger partial charge is 0.130 e. The number of rotatable bonds is 8. The zero-order valence-electron chi connectivity index (χ0n) is 12.8. The summed E-state index contributed by atoms with van der Waals surface area (Å²) in [6.45, 7) is 11.2. The van der Waals surface area contributed by atoms with Gasteiger partial charge in [0.15, 0.2) is 0 Å². The molecule has 0 atom stereocenters. The predicted octanol–water partition coefficient (Wildman–Crippen LogP) is 3.03. The van der Waals surface area contributed by atoms with Crippen LogP contribution in [0.15, 0.2) is 10.5 Å². The van der Waals surface area contributed by atoms with Crippen molar-refractivity contribution in [1.82, 2.24) is 5.32 Å². The monoisotopic (exact) mass is 269 g/mol. The third kappa shape index (κ3) is 6.76. The summed E-state index contributed by atoms with van der Waals surface area (Å²) < 4.78 is 16.3. The lowest BCUT2D eigenvalue weighted by Gasteiger charge is -2.19. The van der Waals surface area contributed by atoms with Gasteiger partial charge >= 0.3 is 0 Å². The molecule has 1 aromatic heterocycles. The number of hydrogen-bond donors (Lipinski definition) is 1. The molecule has 1 rings (SSSR count). The largest absolute Gasteiger partial charge is 0.462 e. The van der Waals surface area contributed by atoms with Crippen LogP contribution in [0.1, 0.15) is 44.3 Å². The molecule has 0 aromatic carbocycles. The summed E-state index contributed by atoms with van der Waals surface area (Å²) in [7, 11) is 1.70. The molecule has 0 unspecified atom stereocenters. The van der Waals surface area contributed by atoms with Crippen LogP contribution in [0.5, 0.6) is 0 Å². The van der Waals surface area contributed by atoms with E-state index in [0.29, 0.717) is 13.2 Å². The van der Waals surface area contributed by atoms with Crippen molar-refractivity contribution in [3.63, 3.8) is 0 Å². The second kappa shape index (κ2) is 7.68. The molecular weight excluding hydrogens is 242 g/mol. The van der Waals surface area contributed by atoms with Gasteiger partial charge in [-0.3, -0.25) is 0 Å². The molecule has 4 heteroatoms. The lowest BCUT2D eigenvalue weighted by molar-refractivity contribution is 0.0820. The summed E-state index contributed by atoms with van der Waals surface area (Å²) in [4.78, 5) is 0. The molecule has 19 heavy (non-hydrogen) atoms. The van der Waals surface area contributed by atoms with E-state index >= 15 is 0 Å². The van der Waals surface area contributed by atoms with E-state index in [1.807, 2.05) is 0 Å². The standard InChI is InChI=1S/C15H27NO3/c1-12-9-13(11-18-8-6-7-17-5)19-14(12)10-16-15(2,3)4/h9,16H,6-8,10-11H2,1-5H3. The third-order valence-electron chi connectivity index (χ3n) is 2.73. The van der Waals surface area contributed by atoms with E-state index in [-0.39, 0.29) is 5.54 Å². The second-order valence-electron chi connectivity index (χ2n) is 5.82. The minimum atomic E-state index is 0.0933. The van der Waals surface area contributed by atoms with Gasteiger partial charge in [0.1, 0.15) is 18.1 Å². The molecule has 1 N–H and O–H groups in total. The fourth-order valence-corrected chi connectivity index (χ4v) is 1.66. The molecule has 0 bridgehead atoms. The number of methoxy groups -OCH3 is 1. The number of hydrogen-bond acceptors (Lipinski definition) is 4. The maximum absolute atomic E-state index is 5.80. The zero-order chi connectivity index (χ0) is 14.3. The first-order valence-electron chi connectivity index (χ1n) is 6.82. The minimum absolute atomic E-state index is 0.0933. The molecule has 110 valence electrons. The first kappa shape index (κ1) is 16.2. The topological polar surface area (TPSA) is 43.6 Å². The van der Waals surface area contributed by atoms with Crippen LogP contribution in [-0.4, -0.2) is 25.9 Å². The average Bonchev–Trinajstić information content (AvgIpc) is 2.66. The van der Waals surface area contributed by atoms with Gasteiger partial charge in [0.2, 0.25) is 0 Å². The minimum Gasteiger partial charge on any atom is -0.462 e. The lowest BCUT2D eigenvalue weighted by Crippen LogP contribution is -2.35. The van der Waals surface area contributed by atoms with Crippen molar-refractivity contribution >= 4 is 0 Å². The Bertz CT molecular complexity index is 366. The molecule has 0 fully saturated rings. The lowest BCUT2D eigenvalue weighted by atomic mass is 10.1. The number of ether oxygens (including phenoxy) is 2. The van der Waals surface area contributed by atoms with Gasteiger partial charge in [-0.25, -0.2) is 0 Å². The molecule has 0 saturated heterocycles. The fraction of sp³-hybridized carbons (Fsp3) is 0.733. The van der Waals surface area contributed by atoms with Gasteiger partial charge in [0.05, 0.1) is 6.54 Å². The van der Waals surface area contributed by atoms with Crippen LogP contribution < -0.4 is 5.32 Å². The molecule has 0 amide bonds.